The molecule has 0 saturated carbocycles. The molecule has 0 bridgehead atoms. The number of rotatable bonds is 3. The lowest BCUT2D eigenvalue weighted by molar-refractivity contribution is 0.621. The van der Waals surface area contributed by atoms with Crippen LogP contribution in [-0.2, 0) is 19.5 Å². The molecule has 0 fully saturated rings. The van der Waals surface area contributed by atoms with Crippen molar-refractivity contribution in [2.24, 2.45) is 5.73 Å². The first-order valence-electron chi connectivity index (χ1n) is 7.49. The smallest absolute Gasteiger partial charge is 0.123 e. The van der Waals surface area contributed by atoms with Gasteiger partial charge in [-0.25, -0.2) is 4.39 Å². The molecule has 0 aromatic heterocycles. The van der Waals surface area contributed by atoms with Crippen LogP contribution in [0.15, 0.2) is 36.4 Å². The van der Waals surface area contributed by atoms with Gasteiger partial charge in [0.2, 0.25) is 0 Å². The Hall–Kier alpha value is -1.87. The van der Waals surface area contributed by atoms with Crippen LogP contribution in [0, 0.1) is 12.7 Å². The molecule has 2 N–H and O–H groups in total. The quantitative estimate of drug-likeness (QED) is 0.934. The highest BCUT2D eigenvalue weighted by Crippen LogP contribution is 2.29. The van der Waals surface area contributed by atoms with Crippen LogP contribution in [0.5, 0.6) is 0 Å². The molecule has 1 aliphatic heterocycles. The molecule has 0 spiro atoms. The number of halogens is 1. The van der Waals surface area contributed by atoms with E-state index in [1.165, 1.54) is 22.9 Å². The molecule has 0 aliphatic carbocycles. The fourth-order valence-electron chi connectivity index (χ4n) is 3.11. The van der Waals surface area contributed by atoms with E-state index in [0.717, 1.165) is 37.1 Å². The van der Waals surface area contributed by atoms with Crippen molar-refractivity contribution in [2.75, 3.05) is 11.4 Å². The van der Waals surface area contributed by atoms with Gasteiger partial charge in [-0.05, 0) is 54.7 Å². The molecule has 3 heteroatoms. The molecular formula is C18H21FN2. The maximum atomic E-state index is 13.5. The average molecular weight is 284 g/mol. The largest absolute Gasteiger partial charge is 0.367 e. The molecule has 2 aromatic rings. The van der Waals surface area contributed by atoms with Gasteiger partial charge in [0.1, 0.15) is 5.82 Å². The van der Waals surface area contributed by atoms with Crippen molar-refractivity contribution in [1.82, 2.24) is 0 Å². The van der Waals surface area contributed by atoms with Gasteiger partial charge >= 0.3 is 0 Å². The number of hydrogen-bond acceptors (Lipinski definition) is 2. The second-order valence-corrected chi connectivity index (χ2v) is 5.77. The highest BCUT2D eigenvalue weighted by Gasteiger charge is 2.18. The number of benzene rings is 2. The molecule has 1 heterocycles. The number of nitrogens with two attached hydrogens (primary N) is 1. The van der Waals surface area contributed by atoms with Crippen LogP contribution in [-0.4, -0.2) is 6.54 Å². The van der Waals surface area contributed by atoms with Crippen LogP contribution >= 0.6 is 0 Å². The molecule has 21 heavy (non-hydrogen) atoms. The van der Waals surface area contributed by atoms with Crippen LogP contribution in [0.2, 0.25) is 0 Å². The summed E-state index contributed by atoms with van der Waals surface area (Å²) in [5.41, 5.74) is 11.8. The molecule has 110 valence electrons. The second kappa shape index (κ2) is 5.86. The lowest BCUT2D eigenvalue weighted by atomic mass is 9.98. The Balaban J connectivity index is 1.92. The first-order chi connectivity index (χ1) is 10.2. The minimum absolute atomic E-state index is 0.191. The van der Waals surface area contributed by atoms with Gasteiger partial charge in [0.05, 0.1) is 0 Å². The SMILES string of the molecule is Cc1ccc2c(c1)CCCN2Cc1cc(F)ccc1CN. The van der Waals surface area contributed by atoms with Crippen molar-refractivity contribution in [2.45, 2.75) is 32.9 Å². The Morgan fingerprint density at radius 2 is 2.00 bits per heavy atom. The van der Waals surface area contributed by atoms with Gasteiger partial charge in [-0.1, -0.05) is 23.8 Å². The lowest BCUT2D eigenvalue weighted by Gasteiger charge is -2.32. The summed E-state index contributed by atoms with van der Waals surface area (Å²) in [6.45, 7) is 4.31. The van der Waals surface area contributed by atoms with Crippen molar-refractivity contribution < 1.29 is 4.39 Å². The molecule has 0 amide bonds. The summed E-state index contributed by atoms with van der Waals surface area (Å²) >= 11 is 0. The molecule has 0 saturated heterocycles. The van der Waals surface area contributed by atoms with Crippen LogP contribution in [0.1, 0.15) is 28.7 Å². The highest BCUT2D eigenvalue weighted by molar-refractivity contribution is 5.57. The van der Waals surface area contributed by atoms with Crippen molar-refractivity contribution >= 4 is 5.69 Å². The minimum Gasteiger partial charge on any atom is -0.367 e. The molecular weight excluding hydrogens is 263 g/mol. The van der Waals surface area contributed by atoms with Crippen molar-refractivity contribution in [3.8, 4) is 0 Å². The zero-order valence-electron chi connectivity index (χ0n) is 12.4. The first kappa shape index (κ1) is 14.1. The van der Waals surface area contributed by atoms with E-state index in [9.17, 15) is 4.39 Å². The van der Waals surface area contributed by atoms with E-state index in [0.29, 0.717) is 6.54 Å². The van der Waals surface area contributed by atoms with E-state index in [2.05, 4.69) is 30.0 Å². The van der Waals surface area contributed by atoms with E-state index in [4.69, 9.17) is 5.73 Å². The minimum atomic E-state index is -0.191. The first-order valence-corrected chi connectivity index (χ1v) is 7.49. The topological polar surface area (TPSA) is 29.3 Å². The van der Waals surface area contributed by atoms with Gasteiger partial charge in [0.25, 0.3) is 0 Å². The predicted molar refractivity (Wildman–Crippen MR) is 84.8 cm³/mol. The highest BCUT2D eigenvalue weighted by atomic mass is 19.1. The van der Waals surface area contributed by atoms with Gasteiger partial charge in [-0.2, -0.15) is 0 Å². The Labute approximate surface area is 125 Å². The standard InChI is InChI=1S/C18H21FN2/c1-13-4-7-18-14(9-13)3-2-8-21(18)12-16-10-17(19)6-5-15(16)11-20/h4-7,9-10H,2-3,8,11-12,20H2,1H3. The van der Waals surface area contributed by atoms with E-state index < -0.39 is 0 Å². The van der Waals surface area contributed by atoms with E-state index in [1.54, 1.807) is 12.1 Å². The fourth-order valence-corrected chi connectivity index (χ4v) is 3.11. The van der Waals surface area contributed by atoms with Crippen LogP contribution in [0.3, 0.4) is 0 Å². The molecule has 0 atom stereocenters. The Bertz CT molecular complexity index is 652. The van der Waals surface area contributed by atoms with Crippen LogP contribution < -0.4 is 10.6 Å². The maximum absolute atomic E-state index is 13.5. The van der Waals surface area contributed by atoms with Crippen LogP contribution in [0.25, 0.3) is 0 Å². The zero-order chi connectivity index (χ0) is 14.8. The molecule has 0 unspecified atom stereocenters. The molecule has 3 rings (SSSR count). The summed E-state index contributed by atoms with van der Waals surface area (Å²) in [6.07, 6.45) is 2.27. The third-order valence-electron chi connectivity index (χ3n) is 4.20. The van der Waals surface area contributed by atoms with Crippen molar-refractivity contribution in [3.05, 3.63) is 64.5 Å². The Morgan fingerprint density at radius 3 is 2.81 bits per heavy atom. The molecule has 0 radical (unpaired) electrons. The Morgan fingerprint density at radius 1 is 1.14 bits per heavy atom. The van der Waals surface area contributed by atoms with Crippen LogP contribution in [0.4, 0.5) is 10.1 Å². The van der Waals surface area contributed by atoms with Gasteiger partial charge in [-0.15, -0.1) is 0 Å². The number of nitrogens with zero attached hydrogens (tertiary/aromatic N) is 1. The number of hydrogen-bond donors (Lipinski definition) is 1. The van der Waals surface area contributed by atoms with Gasteiger partial charge in [-0.3, -0.25) is 0 Å². The second-order valence-electron chi connectivity index (χ2n) is 5.77. The molecule has 2 nitrogen and oxygen atoms in total. The molecule has 2 aromatic carbocycles. The fraction of sp³-hybridized carbons (Fsp3) is 0.333. The summed E-state index contributed by atoms with van der Waals surface area (Å²) in [6, 6.07) is 11.5. The summed E-state index contributed by atoms with van der Waals surface area (Å²) in [7, 11) is 0. The summed E-state index contributed by atoms with van der Waals surface area (Å²) in [5.74, 6) is -0.191. The number of fused-ring (bicyclic) bond motifs is 1. The monoisotopic (exact) mass is 284 g/mol. The maximum Gasteiger partial charge on any atom is 0.123 e. The normalized spacial score (nSPS) is 14.1. The third-order valence-corrected chi connectivity index (χ3v) is 4.20. The predicted octanol–water partition coefficient (Wildman–Crippen LogP) is 3.55. The van der Waals surface area contributed by atoms with E-state index >= 15 is 0 Å². The third kappa shape index (κ3) is 2.93. The summed E-state index contributed by atoms with van der Waals surface area (Å²) < 4.78 is 13.5. The zero-order valence-corrected chi connectivity index (χ0v) is 12.4. The van der Waals surface area contributed by atoms with Gasteiger partial charge in [0.15, 0.2) is 0 Å². The summed E-state index contributed by atoms with van der Waals surface area (Å²) in [5, 5.41) is 0. The summed E-state index contributed by atoms with van der Waals surface area (Å²) in [4.78, 5) is 2.34. The number of aryl methyl sites for hydroxylation is 2. The van der Waals surface area contributed by atoms with Gasteiger partial charge in [0, 0.05) is 25.3 Å². The van der Waals surface area contributed by atoms with E-state index in [1.807, 2.05) is 0 Å². The van der Waals surface area contributed by atoms with Crippen molar-refractivity contribution in [1.29, 1.82) is 0 Å². The van der Waals surface area contributed by atoms with Crippen molar-refractivity contribution in [3.63, 3.8) is 0 Å². The lowest BCUT2D eigenvalue weighted by Crippen LogP contribution is -2.29. The van der Waals surface area contributed by atoms with Gasteiger partial charge < -0.3 is 10.6 Å². The molecule has 1 aliphatic rings. The Kier molecular flexibility index (Phi) is 3.93. The average Bonchev–Trinajstić information content (AvgIpc) is 2.47. The number of anilines is 1. The van der Waals surface area contributed by atoms with E-state index in [-0.39, 0.29) is 5.82 Å².